The van der Waals surface area contributed by atoms with Gasteiger partial charge in [-0.25, -0.2) is 0 Å². The van der Waals surface area contributed by atoms with Crippen LogP contribution in [0.25, 0.3) is 10.8 Å². The van der Waals surface area contributed by atoms with Crippen molar-refractivity contribution in [3.8, 4) is 5.75 Å². The van der Waals surface area contributed by atoms with Gasteiger partial charge >= 0.3 is 0 Å². The lowest BCUT2D eigenvalue weighted by Crippen LogP contribution is -2.15. The summed E-state index contributed by atoms with van der Waals surface area (Å²) in [6.07, 6.45) is -0.832. The molecule has 0 bridgehead atoms. The number of fused-ring (bicyclic) bond motifs is 1. The molecular formula is C14H12N2O3. The number of rotatable bonds is 2. The quantitative estimate of drug-likeness (QED) is 0.888. The first kappa shape index (κ1) is 11.5. The lowest BCUT2D eigenvalue weighted by Gasteiger charge is -2.15. The number of hydrogen-bond acceptors (Lipinski definition) is 4. The van der Waals surface area contributed by atoms with Crippen LogP contribution in [0.1, 0.15) is 11.7 Å². The summed E-state index contributed by atoms with van der Waals surface area (Å²) >= 11 is 0. The summed E-state index contributed by atoms with van der Waals surface area (Å²) in [5.41, 5.74) is 6.12. The minimum Gasteiger partial charge on any atom is -0.496 e. The van der Waals surface area contributed by atoms with Gasteiger partial charge in [0.1, 0.15) is 5.75 Å². The molecule has 96 valence electrons. The average Bonchev–Trinajstić information content (AvgIpc) is 2.76. The fourth-order valence-electron chi connectivity index (χ4n) is 2.27. The summed E-state index contributed by atoms with van der Waals surface area (Å²) in [6, 6.07) is 11.3. The lowest BCUT2D eigenvalue weighted by molar-refractivity contribution is -0.122. The number of nitrogens with two attached hydrogens (primary N) is 1. The maximum absolute atomic E-state index is 11.8. The molecule has 0 spiro atoms. The number of methoxy groups -OCH3 is 1. The molecule has 0 aliphatic carbocycles. The molecule has 0 saturated heterocycles. The van der Waals surface area contributed by atoms with Gasteiger partial charge in [-0.2, -0.15) is 4.99 Å². The molecule has 5 heteroatoms. The van der Waals surface area contributed by atoms with Crippen LogP contribution in [0.4, 0.5) is 0 Å². The highest BCUT2D eigenvalue weighted by atomic mass is 16.5. The number of nitrogens with zero attached hydrogens (tertiary/aromatic N) is 1. The largest absolute Gasteiger partial charge is 0.496 e. The number of benzene rings is 2. The van der Waals surface area contributed by atoms with E-state index in [1.54, 1.807) is 7.11 Å². The highest BCUT2D eigenvalue weighted by molar-refractivity contribution is 6.02. The monoisotopic (exact) mass is 256 g/mol. The molecule has 5 nitrogen and oxygen atoms in total. The predicted octanol–water partition coefficient (Wildman–Crippen LogP) is 1.76. The van der Waals surface area contributed by atoms with Crippen LogP contribution in [0.5, 0.6) is 5.75 Å². The van der Waals surface area contributed by atoms with E-state index in [4.69, 9.17) is 15.2 Å². The Morgan fingerprint density at radius 3 is 2.74 bits per heavy atom. The lowest BCUT2D eigenvalue weighted by atomic mass is 9.99. The Morgan fingerprint density at radius 2 is 2.05 bits per heavy atom. The smallest absolute Gasteiger partial charge is 0.296 e. The van der Waals surface area contributed by atoms with Crippen molar-refractivity contribution in [2.24, 2.45) is 10.7 Å². The molecule has 2 aromatic rings. The Morgan fingerprint density at radius 1 is 1.26 bits per heavy atom. The Labute approximate surface area is 109 Å². The Balaban J connectivity index is 2.24. The molecule has 2 aromatic carbocycles. The normalized spacial score (nSPS) is 18.3. The number of carbonyl (C=O) groups is 1. The maximum Gasteiger partial charge on any atom is 0.296 e. The van der Waals surface area contributed by atoms with Crippen molar-refractivity contribution < 1.29 is 14.3 Å². The molecule has 1 unspecified atom stereocenters. The molecule has 2 N–H and O–H groups in total. The molecule has 1 atom stereocenters. The van der Waals surface area contributed by atoms with E-state index >= 15 is 0 Å². The van der Waals surface area contributed by atoms with Gasteiger partial charge in [-0.3, -0.25) is 4.79 Å². The second-order valence-corrected chi connectivity index (χ2v) is 4.19. The summed E-state index contributed by atoms with van der Waals surface area (Å²) in [7, 11) is 1.55. The predicted molar refractivity (Wildman–Crippen MR) is 71.0 cm³/mol. The molecular weight excluding hydrogens is 244 g/mol. The van der Waals surface area contributed by atoms with Gasteiger partial charge in [0.05, 0.1) is 12.7 Å². The second-order valence-electron chi connectivity index (χ2n) is 4.19. The fraction of sp³-hybridized carbons (Fsp3) is 0.143. The van der Waals surface area contributed by atoms with Crippen LogP contribution in [0.2, 0.25) is 0 Å². The minimum absolute atomic E-state index is 0.106. The first-order valence-corrected chi connectivity index (χ1v) is 5.81. The Hall–Kier alpha value is -2.56. The number of carbonyl (C=O) groups excluding carboxylic acids is 1. The van der Waals surface area contributed by atoms with Crippen LogP contribution in [-0.2, 0) is 9.53 Å². The molecule has 0 radical (unpaired) electrons. The fourth-order valence-corrected chi connectivity index (χ4v) is 2.27. The van der Waals surface area contributed by atoms with E-state index in [2.05, 4.69) is 4.99 Å². The summed E-state index contributed by atoms with van der Waals surface area (Å²) in [4.78, 5) is 15.5. The van der Waals surface area contributed by atoms with Gasteiger partial charge in [-0.05, 0) is 16.8 Å². The first-order chi connectivity index (χ1) is 9.20. The number of aliphatic imine (C=N–C) groups is 1. The van der Waals surface area contributed by atoms with Crippen LogP contribution in [-0.4, -0.2) is 19.0 Å². The Kier molecular flexibility index (Phi) is 2.59. The minimum atomic E-state index is -0.832. The van der Waals surface area contributed by atoms with Gasteiger partial charge in [0.15, 0.2) is 0 Å². The van der Waals surface area contributed by atoms with Crippen LogP contribution in [0.3, 0.4) is 0 Å². The summed E-state index contributed by atoms with van der Waals surface area (Å²) in [6.45, 7) is 0. The van der Waals surface area contributed by atoms with E-state index < -0.39 is 12.0 Å². The topological polar surface area (TPSA) is 73.9 Å². The van der Waals surface area contributed by atoms with Gasteiger partial charge in [0.25, 0.3) is 11.9 Å². The summed E-state index contributed by atoms with van der Waals surface area (Å²) in [5.74, 6) is 0.175. The first-order valence-electron chi connectivity index (χ1n) is 5.81. The van der Waals surface area contributed by atoms with Crippen molar-refractivity contribution >= 4 is 22.7 Å². The van der Waals surface area contributed by atoms with Gasteiger partial charge in [-0.1, -0.05) is 30.3 Å². The third kappa shape index (κ3) is 1.79. The maximum atomic E-state index is 11.8. The zero-order chi connectivity index (χ0) is 13.4. The number of amidine groups is 1. The average molecular weight is 256 g/mol. The van der Waals surface area contributed by atoms with Crippen LogP contribution in [0.15, 0.2) is 41.4 Å². The van der Waals surface area contributed by atoms with E-state index in [0.29, 0.717) is 11.3 Å². The van der Waals surface area contributed by atoms with E-state index in [0.717, 1.165) is 10.8 Å². The van der Waals surface area contributed by atoms with Crippen molar-refractivity contribution in [2.75, 3.05) is 7.11 Å². The molecule has 0 aromatic heterocycles. The standard InChI is InChI=1S/C14H12N2O3/c1-18-10-7-6-8-4-2-3-5-9(8)11(10)12-13(17)16-14(15)19-12/h2-7,12H,1H3,(H2,15,16,17). The van der Waals surface area contributed by atoms with Gasteiger partial charge in [0, 0.05) is 0 Å². The number of amides is 1. The molecule has 0 saturated carbocycles. The number of hydrogen-bond donors (Lipinski definition) is 1. The van der Waals surface area contributed by atoms with Crippen LogP contribution in [0, 0.1) is 0 Å². The van der Waals surface area contributed by atoms with Crippen molar-refractivity contribution in [1.29, 1.82) is 0 Å². The molecule has 3 rings (SSSR count). The Bertz CT molecular complexity index is 694. The van der Waals surface area contributed by atoms with Crippen LogP contribution >= 0.6 is 0 Å². The third-order valence-corrected chi connectivity index (χ3v) is 3.10. The van der Waals surface area contributed by atoms with Crippen molar-refractivity contribution in [3.05, 3.63) is 42.0 Å². The van der Waals surface area contributed by atoms with Gasteiger partial charge in [-0.15, -0.1) is 0 Å². The number of ether oxygens (including phenoxy) is 2. The third-order valence-electron chi connectivity index (χ3n) is 3.10. The van der Waals surface area contributed by atoms with Crippen molar-refractivity contribution in [3.63, 3.8) is 0 Å². The summed E-state index contributed by atoms with van der Waals surface area (Å²) < 4.78 is 10.6. The van der Waals surface area contributed by atoms with E-state index in [9.17, 15) is 4.79 Å². The van der Waals surface area contributed by atoms with Crippen LogP contribution < -0.4 is 10.5 Å². The zero-order valence-corrected chi connectivity index (χ0v) is 10.3. The van der Waals surface area contributed by atoms with E-state index in [-0.39, 0.29) is 6.02 Å². The van der Waals surface area contributed by atoms with E-state index in [1.807, 2.05) is 36.4 Å². The molecule has 19 heavy (non-hydrogen) atoms. The second kappa shape index (κ2) is 4.28. The zero-order valence-electron chi connectivity index (χ0n) is 10.3. The summed E-state index contributed by atoms with van der Waals surface area (Å²) in [5, 5.41) is 1.89. The van der Waals surface area contributed by atoms with Crippen molar-refractivity contribution in [2.45, 2.75) is 6.10 Å². The molecule has 1 aliphatic rings. The molecule has 1 heterocycles. The van der Waals surface area contributed by atoms with Gasteiger partial charge < -0.3 is 15.2 Å². The van der Waals surface area contributed by atoms with Gasteiger partial charge in [0.2, 0.25) is 6.10 Å². The molecule has 1 amide bonds. The van der Waals surface area contributed by atoms with Crippen molar-refractivity contribution in [1.82, 2.24) is 0 Å². The highest BCUT2D eigenvalue weighted by Crippen LogP contribution is 2.37. The molecule has 1 aliphatic heterocycles. The van der Waals surface area contributed by atoms with E-state index in [1.165, 1.54) is 0 Å². The SMILES string of the molecule is COc1ccc2ccccc2c1C1OC(N)=NC1=O. The molecule has 0 fully saturated rings. The highest BCUT2D eigenvalue weighted by Gasteiger charge is 2.33.